The number of amides is 2. The normalized spacial score (nSPS) is 27.2. The van der Waals surface area contributed by atoms with Gasteiger partial charge in [0, 0.05) is 32.5 Å². The van der Waals surface area contributed by atoms with Gasteiger partial charge in [-0.3, -0.25) is 4.79 Å². The maximum Gasteiger partial charge on any atom is 0.320 e. The molecule has 2 saturated carbocycles. The Kier molecular flexibility index (Phi) is 4.87. The standard InChI is InChI=1S/C22H30N2O3/c1-16-11-18(12-16)14-24-21(26)23(13-17-3-5-20(27-2)6-4-17)15-22(24)9-7-19(25)8-10-22/h3-6,16,18H,7-15H2,1-2H3. The molecule has 2 aliphatic carbocycles. The van der Waals surface area contributed by atoms with Crippen LogP contribution in [0.2, 0.25) is 0 Å². The van der Waals surface area contributed by atoms with Gasteiger partial charge >= 0.3 is 6.03 Å². The van der Waals surface area contributed by atoms with Crippen LogP contribution in [0.3, 0.4) is 0 Å². The lowest BCUT2D eigenvalue weighted by atomic mass is 9.74. The van der Waals surface area contributed by atoms with E-state index in [9.17, 15) is 9.59 Å². The predicted molar refractivity (Wildman–Crippen MR) is 104 cm³/mol. The number of methoxy groups -OCH3 is 1. The summed E-state index contributed by atoms with van der Waals surface area (Å²) in [7, 11) is 1.66. The fourth-order valence-corrected chi connectivity index (χ4v) is 5.13. The predicted octanol–water partition coefficient (Wildman–Crippen LogP) is 3.86. The molecule has 1 aromatic rings. The summed E-state index contributed by atoms with van der Waals surface area (Å²) in [4.78, 5) is 29.2. The number of hydrogen-bond acceptors (Lipinski definition) is 3. The van der Waals surface area contributed by atoms with Crippen LogP contribution in [0.4, 0.5) is 4.79 Å². The molecule has 0 unspecified atom stereocenters. The third kappa shape index (κ3) is 3.56. The first kappa shape index (κ1) is 18.3. The number of hydrogen-bond donors (Lipinski definition) is 0. The second-order valence-corrected chi connectivity index (χ2v) is 8.80. The summed E-state index contributed by atoms with van der Waals surface area (Å²) in [6, 6.07) is 8.09. The highest BCUT2D eigenvalue weighted by molar-refractivity contribution is 5.82. The zero-order valence-electron chi connectivity index (χ0n) is 16.4. The van der Waals surface area contributed by atoms with E-state index in [1.165, 1.54) is 12.8 Å². The monoisotopic (exact) mass is 370 g/mol. The molecule has 0 N–H and O–H groups in total. The van der Waals surface area contributed by atoms with Crippen molar-refractivity contribution in [1.29, 1.82) is 0 Å². The number of Topliss-reactive ketones (excluding diaryl/α,β-unsaturated/α-hetero) is 1. The number of nitrogens with zero attached hydrogens (tertiary/aromatic N) is 2. The lowest BCUT2D eigenvalue weighted by Crippen LogP contribution is -2.52. The Hall–Kier alpha value is -2.04. The minimum absolute atomic E-state index is 0.143. The SMILES string of the molecule is COc1ccc(CN2CC3(CCC(=O)CC3)N(CC3CC(C)C3)C2=O)cc1. The van der Waals surface area contributed by atoms with Crippen LogP contribution in [-0.2, 0) is 11.3 Å². The summed E-state index contributed by atoms with van der Waals surface area (Å²) in [6.07, 6.45) is 5.30. The van der Waals surface area contributed by atoms with Crippen LogP contribution in [0.1, 0.15) is 51.0 Å². The molecule has 5 heteroatoms. The fourth-order valence-electron chi connectivity index (χ4n) is 5.13. The van der Waals surface area contributed by atoms with Crippen LogP contribution in [0, 0.1) is 11.8 Å². The van der Waals surface area contributed by atoms with Gasteiger partial charge in [0.1, 0.15) is 11.5 Å². The van der Waals surface area contributed by atoms with Gasteiger partial charge in [0.2, 0.25) is 0 Å². The van der Waals surface area contributed by atoms with Gasteiger partial charge in [-0.15, -0.1) is 0 Å². The van der Waals surface area contributed by atoms with E-state index >= 15 is 0 Å². The van der Waals surface area contributed by atoms with Crippen molar-refractivity contribution in [2.24, 2.45) is 11.8 Å². The third-order valence-corrected chi connectivity index (χ3v) is 6.74. The van der Waals surface area contributed by atoms with E-state index in [1.807, 2.05) is 29.2 Å². The maximum atomic E-state index is 13.3. The minimum Gasteiger partial charge on any atom is -0.497 e. The van der Waals surface area contributed by atoms with E-state index in [0.717, 1.165) is 43.2 Å². The van der Waals surface area contributed by atoms with Gasteiger partial charge in [0.05, 0.1) is 12.6 Å². The van der Waals surface area contributed by atoms with Gasteiger partial charge in [-0.1, -0.05) is 19.1 Å². The van der Waals surface area contributed by atoms with Crippen LogP contribution in [0.15, 0.2) is 24.3 Å². The molecule has 1 spiro atoms. The van der Waals surface area contributed by atoms with Crippen molar-refractivity contribution in [3.05, 3.63) is 29.8 Å². The molecule has 5 nitrogen and oxygen atoms in total. The smallest absolute Gasteiger partial charge is 0.320 e. The molecule has 1 aromatic carbocycles. The van der Waals surface area contributed by atoms with Gasteiger partial charge in [-0.05, 0) is 55.2 Å². The van der Waals surface area contributed by atoms with Crippen LogP contribution in [-0.4, -0.2) is 47.4 Å². The average molecular weight is 370 g/mol. The Labute approximate surface area is 161 Å². The number of ether oxygens (including phenoxy) is 1. The number of benzene rings is 1. The topological polar surface area (TPSA) is 49.9 Å². The first-order chi connectivity index (χ1) is 13.0. The zero-order valence-corrected chi connectivity index (χ0v) is 16.4. The Morgan fingerprint density at radius 2 is 1.78 bits per heavy atom. The van der Waals surface area contributed by atoms with Crippen molar-refractivity contribution in [3.63, 3.8) is 0 Å². The Morgan fingerprint density at radius 3 is 2.37 bits per heavy atom. The summed E-state index contributed by atoms with van der Waals surface area (Å²) in [6.45, 7) is 4.51. The van der Waals surface area contributed by atoms with E-state index in [2.05, 4.69) is 11.8 Å². The lowest BCUT2D eigenvalue weighted by Gasteiger charge is -2.44. The Morgan fingerprint density at radius 1 is 1.11 bits per heavy atom. The summed E-state index contributed by atoms with van der Waals surface area (Å²) < 4.78 is 5.23. The van der Waals surface area contributed by atoms with Crippen LogP contribution in [0.25, 0.3) is 0 Å². The highest BCUT2D eigenvalue weighted by Crippen LogP contribution is 2.42. The fraction of sp³-hybridized carbons (Fsp3) is 0.636. The van der Waals surface area contributed by atoms with Crippen molar-refractivity contribution in [2.75, 3.05) is 20.2 Å². The highest BCUT2D eigenvalue weighted by Gasteiger charge is 2.51. The van der Waals surface area contributed by atoms with Gasteiger partial charge in [-0.2, -0.15) is 0 Å². The zero-order chi connectivity index (χ0) is 19.0. The summed E-state index contributed by atoms with van der Waals surface area (Å²) in [5.41, 5.74) is 0.973. The van der Waals surface area contributed by atoms with Crippen LogP contribution >= 0.6 is 0 Å². The number of carbonyl (C=O) groups excluding carboxylic acids is 2. The number of rotatable bonds is 5. The van der Waals surface area contributed by atoms with E-state index < -0.39 is 0 Å². The summed E-state index contributed by atoms with van der Waals surface area (Å²) >= 11 is 0. The average Bonchev–Trinajstić information content (AvgIpc) is 2.89. The molecule has 0 bridgehead atoms. The van der Waals surface area contributed by atoms with Gasteiger partial charge in [-0.25, -0.2) is 4.79 Å². The van der Waals surface area contributed by atoms with Crippen molar-refractivity contribution >= 4 is 11.8 Å². The second kappa shape index (κ2) is 7.17. The molecule has 27 heavy (non-hydrogen) atoms. The molecule has 4 rings (SSSR count). The molecule has 2 amide bonds. The van der Waals surface area contributed by atoms with Crippen molar-refractivity contribution in [1.82, 2.24) is 9.80 Å². The molecule has 3 fully saturated rings. The molecule has 1 heterocycles. The van der Waals surface area contributed by atoms with E-state index in [1.54, 1.807) is 7.11 Å². The minimum atomic E-state index is -0.143. The molecule has 0 atom stereocenters. The number of carbonyl (C=O) groups is 2. The molecular weight excluding hydrogens is 340 g/mol. The molecule has 3 aliphatic rings. The van der Waals surface area contributed by atoms with E-state index in [4.69, 9.17) is 4.74 Å². The molecule has 1 aliphatic heterocycles. The molecule has 146 valence electrons. The quantitative estimate of drug-likeness (QED) is 0.791. The summed E-state index contributed by atoms with van der Waals surface area (Å²) in [5, 5.41) is 0. The maximum absolute atomic E-state index is 13.3. The number of ketones is 1. The van der Waals surface area contributed by atoms with E-state index in [-0.39, 0.29) is 11.6 Å². The van der Waals surface area contributed by atoms with Crippen molar-refractivity contribution in [3.8, 4) is 5.75 Å². The largest absolute Gasteiger partial charge is 0.497 e. The Bertz CT molecular complexity index is 699. The van der Waals surface area contributed by atoms with Gasteiger partial charge in [0.25, 0.3) is 0 Å². The lowest BCUT2D eigenvalue weighted by molar-refractivity contribution is -0.122. The summed E-state index contributed by atoms with van der Waals surface area (Å²) in [5.74, 6) is 2.58. The molecular formula is C22H30N2O3. The van der Waals surface area contributed by atoms with Gasteiger partial charge < -0.3 is 14.5 Å². The third-order valence-electron chi connectivity index (χ3n) is 6.74. The first-order valence-electron chi connectivity index (χ1n) is 10.2. The molecule has 0 aromatic heterocycles. The second-order valence-electron chi connectivity index (χ2n) is 8.80. The van der Waals surface area contributed by atoms with Crippen molar-refractivity contribution in [2.45, 2.75) is 57.5 Å². The highest BCUT2D eigenvalue weighted by atomic mass is 16.5. The Balaban J connectivity index is 1.51. The van der Waals surface area contributed by atoms with Gasteiger partial charge in [0.15, 0.2) is 0 Å². The number of urea groups is 1. The first-order valence-corrected chi connectivity index (χ1v) is 10.2. The van der Waals surface area contributed by atoms with Crippen LogP contribution in [0.5, 0.6) is 5.75 Å². The van der Waals surface area contributed by atoms with Crippen LogP contribution < -0.4 is 4.74 Å². The molecule has 1 saturated heterocycles. The van der Waals surface area contributed by atoms with Crippen molar-refractivity contribution < 1.29 is 14.3 Å². The molecule has 0 radical (unpaired) electrons. The van der Waals surface area contributed by atoms with E-state index in [0.29, 0.717) is 31.1 Å².